The number of nitro groups is 1. The zero-order valence-corrected chi connectivity index (χ0v) is 13.7. The second-order valence-corrected chi connectivity index (χ2v) is 6.25. The summed E-state index contributed by atoms with van der Waals surface area (Å²) in [6.45, 7) is 0.357. The third-order valence-electron chi connectivity index (χ3n) is 3.35. The zero-order valence-electron chi connectivity index (χ0n) is 12.9. The third kappa shape index (κ3) is 4.27. The van der Waals surface area contributed by atoms with E-state index in [0.29, 0.717) is 34.7 Å². The fraction of sp³-hybridized carbons (Fsp3) is 0.125. The molecule has 2 N–H and O–H groups in total. The molecule has 25 heavy (non-hydrogen) atoms. The summed E-state index contributed by atoms with van der Waals surface area (Å²) >= 11 is 0.996. The standard InChI is InChI=1S/C16H13FN4O3S/c17-10-1-4-12-13(9-10)20-14(19-12)7-8-18-15(22)5-2-11-3-6-16(25-11)21(23)24/h1-6,9H,7-8H2,(H,18,22)(H,19,20)/b5-2+. The predicted octanol–water partition coefficient (Wildman–Crippen LogP) is 3.04. The Balaban J connectivity index is 1.51. The van der Waals surface area contributed by atoms with Gasteiger partial charge in [0.2, 0.25) is 5.91 Å². The van der Waals surface area contributed by atoms with Crippen molar-refractivity contribution in [1.29, 1.82) is 0 Å². The van der Waals surface area contributed by atoms with Crippen molar-refractivity contribution in [2.75, 3.05) is 6.54 Å². The largest absolute Gasteiger partial charge is 0.352 e. The second kappa shape index (κ2) is 7.22. The molecule has 2 aromatic heterocycles. The van der Waals surface area contributed by atoms with Gasteiger partial charge in [-0.3, -0.25) is 14.9 Å². The maximum absolute atomic E-state index is 13.1. The summed E-state index contributed by atoms with van der Waals surface area (Å²) in [6.07, 6.45) is 3.32. The first kappa shape index (κ1) is 16.8. The lowest BCUT2D eigenvalue weighted by atomic mass is 10.3. The Morgan fingerprint density at radius 3 is 3.00 bits per heavy atom. The number of benzene rings is 1. The normalized spacial score (nSPS) is 11.2. The molecular weight excluding hydrogens is 347 g/mol. The quantitative estimate of drug-likeness (QED) is 0.401. The molecule has 7 nitrogen and oxygen atoms in total. The average molecular weight is 360 g/mol. The number of hydrogen-bond donors (Lipinski definition) is 2. The van der Waals surface area contributed by atoms with Crippen molar-refractivity contribution >= 4 is 39.4 Å². The van der Waals surface area contributed by atoms with Crippen molar-refractivity contribution < 1.29 is 14.1 Å². The molecule has 1 amide bonds. The number of carbonyl (C=O) groups is 1. The van der Waals surface area contributed by atoms with Crippen LogP contribution in [0.15, 0.2) is 36.4 Å². The van der Waals surface area contributed by atoms with Crippen LogP contribution in [0, 0.1) is 15.9 Å². The van der Waals surface area contributed by atoms with Crippen LogP contribution in [0.2, 0.25) is 0 Å². The Bertz CT molecular complexity index is 963. The second-order valence-electron chi connectivity index (χ2n) is 5.15. The molecule has 0 aliphatic rings. The monoisotopic (exact) mass is 360 g/mol. The number of thiophene rings is 1. The molecule has 3 rings (SSSR count). The molecule has 0 aliphatic heterocycles. The fourth-order valence-electron chi connectivity index (χ4n) is 2.20. The summed E-state index contributed by atoms with van der Waals surface area (Å²) in [7, 11) is 0. The molecule has 0 aliphatic carbocycles. The molecule has 0 atom stereocenters. The van der Waals surface area contributed by atoms with Gasteiger partial charge >= 0.3 is 5.00 Å². The number of imidazole rings is 1. The van der Waals surface area contributed by atoms with Gasteiger partial charge in [-0.05, 0) is 30.3 Å². The lowest BCUT2D eigenvalue weighted by Crippen LogP contribution is -2.23. The van der Waals surface area contributed by atoms with Gasteiger partial charge in [0, 0.05) is 30.0 Å². The van der Waals surface area contributed by atoms with E-state index in [1.807, 2.05) is 0 Å². The Labute approximate surface area is 145 Å². The first-order chi connectivity index (χ1) is 12.0. The lowest BCUT2D eigenvalue weighted by Gasteiger charge is -1.99. The topological polar surface area (TPSA) is 101 Å². The van der Waals surface area contributed by atoms with Crippen LogP contribution in [0.25, 0.3) is 17.1 Å². The first-order valence-corrected chi connectivity index (χ1v) is 8.17. The molecule has 128 valence electrons. The van der Waals surface area contributed by atoms with E-state index in [1.165, 1.54) is 30.4 Å². The number of nitrogens with zero attached hydrogens (tertiary/aromatic N) is 2. The fourth-order valence-corrected chi connectivity index (χ4v) is 2.93. The predicted molar refractivity (Wildman–Crippen MR) is 92.8 cm³/mol. The Hall–Kier alpha value is -3.07. The van der Waals surface area contributed by atoms with Gasteiger partial charge in [0.25, 0.3) is 0 Å². The van der Waals surface area contributed by atoms with E-state index >= 15 is 0 Å². The van der Waals surface area contributed by atoms with Crippen molar-refractivity contribution in [3.8, 4) is 0 Å². The van der Waals surface area contributed by atoms with Crippen LogP contribution in [0.3, 0.4) is 0 Å². The summed E-state index contributed by atoms with van der Waals surface area (Å²) < 4.78 is 13.1. The molecule has 0 radical (unpaired) electrons. The van der Waals surface area contributed by atoms with Crippen LogP contribution in [-0.4, -0.2) is 27.3 Å². The third-order valence-corrected chi connectivity index (χ3v) is 4.35. The summed E-state index contributed by atoms with van der Waals surface area (Å²) in [5.74, 6) is 0.00641. The Morgan fingerprint density at radius 1 is 1.40 bits per heavy atom. The van der Waals surface area contributed by atoms with Gasteiger partial charge in [-0.1, -0.05) is 11.3 Å². The number of aromatic amines is 1. The highest BCUT2D eigenvalue weighted by Crippen LogP contribution is 2.24. The number of rotatable bonds is 6. The molecule has 0 saturated carbocycles. The molecule has 0 unspecified atom stereocenters. The maximum Gasteiger partial charge on any atom is 0.324 e. The number of fused-ring (bicyclic) bond motifs is 1. The molecule has 0 fully saturated rings. The van der Waals surface area contributed by atoms with Crippen LogP contribution >= 0.6 is 11.3 Å². The minimum Gasteiger partial charge on any atom is -0.352 e. The van der Waals surface area contributed by atoms with Crippen molar-refractivity contribution in [3.63, 3.8) is 0 Å². The highest BCUT2D eigenvalue weighted by atomic mass is 32.1. The molecule has 0 spiro atoms. The van der Waals surface area contributed by atoms with Crippen LogP contribution in [-0.2, 0) is 11.2 Å². The first-order valence-electron chi connectivity index (χ1n) is 7.35. The minimum absolute atomic E-state index is 0.0291. The van der Waals surface area contributed by atoms with E-state index in [9.17, 15) is 19.3 Å². The summed E-state index contributed by atoms with van der Waals surface area (Å²) in [5, 5.41) is 13.3. The molecule has 1 aromatic carbocycles. The molecular formula is C16H13FN4O3S. The van der Waals surface area contributed by atoms with Crippen LogP contribution in [0.1, 0.15) is 10.7 Å². The van der Waals surface area contributed by atoms with E-state index in [-0.39, 0.29) is 16.7 Å². The number of aromatic nitrogens is 2. The van der Waals surface area contributed by atoms with Crippen molar-refractivity contribution in [2.45, 2.75) is 6.42 Å². The lowest BCUT2D eigenvalue weighted by molar-refractivity contribution is -0.380. The molecule has 9 heteroatoms. The Kier molecular flexibility index (Phi) is 4.85. The van der Waals surface area contributed by atoms with Crippen LogP contribution in [0.5, 0.6) is 0 Å². The van der Waals surface area contributed by atoms with Gasteiger partial charge in [0.1, 0.15) is 11.6 Å². The number of amides is 1. The summed E-state index contributed by atoms with van der Waals surface area (Å²) in [6, 6.07) is 7.28. The van der Waals surface area contributed by atoms with Crippen LogP contribution in [0.4, 0.5) is 9.39 Å². The average Bonchev–Trinajstić information content (AvgIpc) is 3.19. The van der Waals surface area contributed by atoms with Gasteiger partial charge in [-0.2, -0.15) is 0 Å². The molecule has 3 aromatic rings. The molecule has 2 heterocycles. The highest BCUT2D eigenvalue weighted by Gasteiger charge is 2.08. The maximum atomic E-state index is 13.1. The molecule has 0 bridgehead atoms. The van der Waals surface area contributed by atoms with Crippen molar-refractivity contribution in [3.05, 3.63) is 63.0 Å². The summed E-state index contributed by atoms with van der Waals surface area (Å²) in [5.41, 5.74) is 1.28. The van der Waals surface area contributed by atoms with Crippen molar-refractivity contribution in [2.24, 2.45) is 0 Å². The van der Waals surface area contributed by atoms with Gasteiger partial charge in [0.15, 0.2) is 0 Å². The van der Waals surface area contributed by atoms with E-state index in [1.54, 1.807) is 12.1 Å². The number of carbonyl (C=O) groups excluding carboxylic acids is 1. The van der Waals surface area contributed by atoms with Gasteiger partial charge < -0.3 is 10.3 Å². The molecule has 0 saturated heterocycles. The highest BCUT2D eigenvalue weighted by molar-refractivity contribution is 7.16. The van der Waals surface area contributed by atoms with Crippen LogP contribution < -0.4 is 5.32 Å². The number of H-pyrrole nitrogens is 1. The zero-order chi connectivity index (χ0) is 17.8. The van der Waals surface area contributed by atoms with Crippen molar-refractivity contribution in [1.82, 2.24) is 15.3 Å². The Morgan fingerprint density at radius 2 is 2.24 bits per heavy atom. The van der Waals surface area contributed by atoms with E-state index in [4.69, 9.17) is 0 Å². The van der Waals surface area contributed by atoms with Gasteiger partial charge in [-0.25, -0.2) is 9.37 Å². The number of hydrogen-bond acceptors (Lipinski definition) is 5. The van der Waals surface area contributed by atoms with E-state index in [0.717, 1.165) is 11.3 Å². The number of nitrogens with one attached hydrogen (secondary N) is 2. The summed E-state index contributed by atoms with van der Waals surface area (Å²) in [4.78, 5) is 29.8. The van der Waals surface area contributed by atoms with E-state index < -0.39 is 4.92 Å². The van der Waals surface area contributed by atoms with E-state index in [2.05, 4.69) is 15.3 Å². The minimum atomic E-state index is -0.471. The van der Waals surface area contributed by atoms with Gasteiger partial charge in [0.05, 0.1) is 16.0 Å². The number of halogens is 1. The smallest absolute Gasteiger partial charge is 0.324 e. The SMILES string of the molecule is O=C(/C=C/c1ccc([N+](=O)[O-])s1)NCCc1nc2ccc(F)cc2[nH]1. The van der Waals surface area contributed by atoms with Gasteiger partial charge in [-0.15, -0.1) is 0 Å².